The van der Waals surface area contributed by atoms with E-state index in [2.05, 4.69) is 25.8 Å². The minimum Gasteiger partial charge on any atom is -0.469 e. The number of sulfone groups is 1. The number of aromatic nitrogens is 2. The lowest BCUT2D eigenvalue weighted by atomic mass is 10.3. The SMILES string of the molecule is CCc1nn(CC)c(CS(=O)(=O)C(C)CC(=O)OC)c1Br. The Kier molecular flexibility index (Phi) is 6.40. The minimum atomic E-state index is -3.46. The number of halogens is 1. The average molecular weight is 381 g/mol. The quantitative estimate of drug-likeness (QED) is 0.676. The summed E-state index contributed by atoms with van der Waals surface area (Å²) in [4.78, 5) is 11.2. The highest BCUT2D eigenvalue weighted by Crippen LogP contribution is 2.25. The maximum Gasteiger partial charge on any atom is 0.306 e. The third-order valence-electron chi connectivity index (χ3n) is 3.33. The van der Waals surface area contributed by atoms with Crippen molar-refractivity contribution >= 4 is 31.7 Å². The summed E-state index contributed by atoms with van der Waals surface area (Å²) in [6.45, 7) is 5.99. The summed E-state index contributed by atoms with van der Waals surface area (Å²) in [5.74, 6) is -0.671. The first kappa shape index (κ1) is 18.2. The Balaban J connectivity index is 3.04. The molecule has 6 nitrogen and oxygen atoms in total. The highest BCUT2D eigenvalue weighted by molar-refractivity contribution is 9.10. The van der Waals surface area contributed by atoms with Gasteiger partial charge in [-0.15, -0.1) is 0 Å². The summed E-state index contributed by atoms with van der Waals surface area (Å²) >= 11 is 3.43. The normalized spacial score (nSPS) is 13.2. The van der Waals surface area contributed by atoms with Crippen molar-refractivity contribution < 1.29 is 17.9 Å². The maximum absolute atomic E-state index is 12.4. The van der Waals surface area contributed by atoms with Gasteiger partial charge in [0.2, 0.25) is 0 Å². The lowest BCUT2D eigenvalue weighted by molar-refractivity contribution is -0.140. The topological polar surface area (TPSA) is 78.3 Å². The molecule has 0 bridgehead atoms. The molecule has 0 fully saturated rings. The zero-order valence-electron chi connectivity index (χ0n) is 12.7. The van der Waals surface area contributed by atoms with Crippen LogP contribution in [-0.2, 0) is 38.1 Å². The first-order valence-corrected chi connectivity index (χ1v) is 9.30. The van der Waals surface area contributed by atoms with Crippen molar-refractivity contribution in [3.05, 3.63) is 15.9 Å². The summed E-state index contributed by atoms with van der Waals surface area (Å²) in [6, 6.07) is 0. The Bertz CT molecular complexity index is 610. The molecule has 0 aromatic carbocycles. The van der Waals surface area contributed by atoms with Crippen LogP contribution in [0.15, 0.2) is 4.47 Å². The van der Waals surface area contributed by atoms with Crippen molar-refractivity contribution in [3.63, 3.8) is 0 Å². The number of esters is 1. The Labute approximate surface area is 133 Å². The van der Waals surface area contributed by atoms with E-state index in [9.17, 15) is 13.2 Å². The molecule has 8 heteroatoms. The number of carbonyl (C=O) groups is 1. The molecule has 1 unspecified atom stereocenters. The van der Waals surface area contributed by atoms with Gasteiger partial charge < -0.3 is 4.74 Å². The first-order chi connectivity index (χ1) is 9.76. The third-order valence-corrected chi connectivity index (χ3v) is 6.31. The molecule has 0 amide bonds. The Morgan fingerprint density at radius 2 is 2.05 bits per heavy atom. The summed E-state index contributed by atoms with van der Waals surface area (Å²) in [5.41, 5.74) is 1.47. The lowest BCUT2D eigenvalue weighted by Crippen LogP contribution is -2.24. The fourth-order valence-corrected chi connectivity index (χ4v) is 4.17. The second-order valence-corrected chi connectivity index (χ2v) is 7.99. The van der Waals surface area contributed by atoms with Crippen LogP contribution >= 0.6 is 15.9 Å². The molecule has 1 rings (SSSR count). The molecular formula is C13H21BrN2O4S. The number of nitrogens with zero attached hydrogens (tertiary/aromatic N) is 2. The van der Waals surface area contributed by atoms with Crippen molar-refractivity contribution in [3.8, 4) is 0 Å². The van der Waals surface area contributed by atoms with E-state index >= 15 is 0 Å². The van der Waals surface area contributed by atoms with Crippen molar-refractivity contribution in [1.29, 1.82) is 0 Å². The van der Waals surface area contributed by atoms with Gasteiger partial charge >= 0.3 is 5.97 Å². The standard InChI is InChI=1S/C13H21BrN2O4S/c1-5-10-13(14)11(16(6-2)15-10)8-21(18,19)9(3)7-12(17)20-4/h9H,5-8H2,1-4H3. The molecule has 0 N–H and O–H groups in total. The van der Waals surface area contributed by atoms with Crippen LogP contribution in [0.25, 0.3) is 0 Å². The summed E-state index contributed by atoms with van der Waals surface area (Å²) in [6.07, 6.45) is 0.579. The predicted molar refractivity (Wildman–Crippen MR) is 83.7 cm³/mol. The first-order valence-electron chi connectivity index (χ1n) is 6.79. The van der Waals surface area contributed by atoms with E-state index in [1.54, 1.807) is 4.68 Å². The summed E-state index contributed by atoms with van der Waals surface area (Å²) in [5, 5.41) is 3.59. The largest absolute Gasteiger partial charge is 0.469 e. The van der Waals surface area contributed by atoms with Gasteiger partial charge in [0, 0.05) is 6.54 Å². The number of methoxy groups -OCH3 is 1. The molecule has 21 heavy (non-hydrogen) atoms. The molecule has 0 aliphatic rings. The second-order valence-electron chi connectivity index (χ2n) is 4.77. The Morgan fingerprint density at radius 3 is 2.52 bits per heavy atom. The molecular weight excluding hydrogens is 360 g/mol. The van der Waals surface area contributed by atoms with Crippen LogP contribution in [0.3, 0.4) is 0 Å². The molecule has 0 aliphatic heterocycles. The van der Waals surface area contributed by atoms with Crippen LogP contribution in [0.4, 0.5) is 0 Å². The van der Waals surface area contributed by atoms with E-state index in [-0.39, 0.29) is 12.2 Å². The molecule has 0 radical (unpaired) electrons. The van der Waals surface area contributed by atoms with E-state index in [0.717, 1.165) is 16.6 Å². The number of ether oxygens (including phenoxy) is 1. The summed E-state index contributed by atoms with van der Waals surface area (Å²) < 4.78 is 31.7. The molecule has 1 aromatic rings. The van der Waals surface area contributed by atoms with Gasteiger partial charge in [-0.3, -0.25) is 9.48 Å². The van der Waals surface area contributed by atoms with Gasteiger partial charge in [-0.05, 0) is 36.2 Å². The molecule has 0 spiro atoms. The van der Waals surface area contributed by atoms with Crippen LogP contribution in [0.1, 0.15) is 38.6 Å². The fourth-order valence-electron chi connectivity index (χ4n) is 1.93. The van der Waals surface area contributed by atoms with Crippen molar-refractivity contribution in [1.82, 2.24) is 9.78 Å². The Hall–Kier alpha value is -0.890. The smallest absolute Gasteiger partial charge is 0.306 e. The van der Waals surface area contributed by atoms with Crippen LogP contribution in [0.2, 0.25) is 0 Å². The molecule has 1 heterocycles. The number of hydrogen-bond donors (Lipinski definition) is 0. The van der Waals surface area contributed by atoms with E-state index in [1.165, 1.54) is 14.0 Å². The van der Waals surface area contributed by atoms with Gasteiger partial charge in [0.25, 0.3) is 0 Å². The molecule has 120 valence electrons. The van der Waals surface area contributed by atoms with Crippen LogP contribution in [0, 0.1) is 0 Å². The average Bonchev–Trinajstić information content (AvgIpc) is 2.74. The zero-order valence-corrected chi connectivity index (χ0v) is 15.1. The third kappa shape index (κ3) is 4.29. The van der Waals surface area contributed by atoms with Crippen molar-refractivity contribution in [2.24, 2.45) is 0 Å². The number of hydrogen-bond acceptors (Lipinski definition) is 5. The zero-order chi connectivity index (χ0) is 16.2. The fraction of sp³-hybridized carbons (Fsp3) is 0.692. The van der Waals surface area contributed by atoms with Crippen molar-refractivity contribution in [2.45, 2.75) is 51.2 Å². The molecule has 0 saturated carbocycles. The molecule has 1 atom stereocenters. The van der Waals surface area contributed by atoms with Gasteiger partial charge in [0.15, 0.2) is 9.84 Å². The van der Waals surface area contributed by atoms with Gasteiger partial charge in [-0.25, -0.2) is 8.42 Å². The number of carbonyl (C=O) groups excluding carboxylic acids is 1. The predicted octanol–water partition coefficient (Wildman–Crippen LogP) is 2.09. The summed E-state index contributed by atoms with van der Waals surface area (Å²) in [7, 11) is -2.21. The second kappa shape index (κ2) is 7.40. The molecule has 0 aliphatic carbocycles. The lowest BCUT2D eigenvalue weighted by Gasteiger charge is -2.12. The minimum absolute atomic E-state index is 0.142. The highest BCUT2D eigenvalue weighted by atomic mass is 79.9. The van der Waals surface area contributed by atoms with E-state index < -0.39 is 21.1 Å². The van der Waals surface area contributed by atoms with Gasteiger partial charge in [0.05, 0.1) is 40.4 Å². The van der Waals surface area contributed by atoms with E-state index in [0.29, 0.717) is 12.2 Å². The van der Waals surface area contributed by atoms with Crippen molar-refractivity contribution in [2.75, 3.05) is 7.11 Å². The van der Waals surface area contributed by atoms with E-state index in [4.69, 9.17) is 0 Å². The monoisotopic (exact) mass is 380 g/mol. The van der Waals surface area contributed by atoms with Gasteiger partial charge in [0.1, 0.15) is 0 Å². The van der Waals surface area contributed by atoms with E-state index in [1.807, 2.05) is 13.8 Å². The highest BCUT2D eigenvalue weighted by Gasteiger charge is 2.27. The number of aryl methyl sites for hydroxylation is 2. The van der Waals surface area contributed by atoms with Gasteiger partial charge in [-0.2, -0.15) is 5.10 Å². The maximum atomic E-state index is 12.4. The van der Waals surface area contributed by atoms with Crippen LogP contribution < -0.4 is 0 Å². The van der Waals surface area contributed by atoms with Gasteiger partial charge in [-0.1, -0.05) is 6.92 Å². The molecule has 1 aromatic heterocycles. The van der Waals surface area contributed by atoms with Crippen LogP contribution in [0.5, 0.6) is 0 Å². The van der Waals surface area contributed by atoms with Crippen LogP contribution in [-0.4, -0.2) is 36.5 Å². The number of rotatable bonds is 7. The molecule has 0 saturated heterocycles. The Morgan fingerprint density at radius 1 is 1.43 bits per heavy atom.